The van der Waals surface area contributed by atoms with Crippen molar-refractivity contribution in [1.82, 2.24) is 20.2 Å². The maximum atomic E-state index is 13.8. The van der Waals surface area contributed by atoms with E-state index in [9.17, 15) is 14.4 Å². The lowest BCUT2D eigenvalue weighted by atomic mass is 10.1. The van der Waals surface area contributed by atoms with Gasteiger partial charge in [-0.3, -0.25) is 19.0 Å². The SMILES string of the molecule is COc1ccc(CCNC(=O)c2ccc(Cn3c(SCC(=O)NCCc4ccccc4)nc4cc5c(cc4c3=O)OCO5)cc2)cc1OC. The summed E-state index contributed by atoms with van der Waals surface area (Å²) in [5.41, 5.74) is 3.61. The Labute approximate surface area is 287 Å². The number of carbonyl (C=O) groups is 2. The average molecular weight is 681 g/mol. The van der Waals surface area contributed by atoms with Crippen molar-refractivity contribution in [3.05, 3.63) is 118 Å². The van der Waals surface area contributed by atoms with Crippen molar-refractivity contribution in [2.75, 3.05) is 39.9 Å². The van der Waals surface area contributed by atoms with Crippen LogP contribution in [0.25, 0.3) is 10.9 Å². The molecule has 0 bridgehead atoms. The Bertz CT molecular complexity index is 2020. The number of nitrogens with one attached hydrogen (secondary N) is 2. The molecule has 12 heteroatoms. The molecule has 5 aromatic rings. The molecular weight excluding hydrogens is 644 g/mol. The van der Waals surface area contributed by atoms with Crippen molar-refractivity contribution in [1.29, 1.82) is 0 Å². The first-order valence-corrected chi connectivity index (χ1v) is 16.8. The summed E-state index contributed by atoms with van der Waals surface area (Å²) >= 11 is 1.19. The van der Waals surface area contributed by atoms with Crippen LogP contribution in [0.2, 0.25) is 0 Å². The Balaban J connectivity index is 1.13. The fourth-order valence-corrected chi connectivity index (χ4v) is 6.24. The Morgan fingerprint density at radius 2 is 1.51 bits per heavy atom. The molecule has 0 fully saturated rings. The zero-order valence-corrected chi connectivity index (χ0v) is 28.0. The number of ether oxygens (including phenoxy) is 4. The van der Waals surface area contributed by atoms with E-state index in [-0.39, 0.29) is 36.5 Å². The third kappa shape index (κ3) is 8.15. The van der Waals surface area contributed by atoms with Gasteiger partial charge in [0.05, 0.1) is 37.4 Å². The molecule has 0 spiro atoms. The molecule has 1 aliphatic rings. The van der Waals surface area contributed by atoms with Crippen LogP contribution in [0.4, 0.5) is 0 Å². The highest BCUT2D eigenvalue weighted by Gasteiger charge is 2.20. The van der Waals surface area contributed by atoms with Gasteiger partial charge in [-0.1, -0.05) is 60.3 Å². The number of aromatic nitrogens is 2. The van der Waals surface area contributed by atoms with Gasteiger partial charge in [0.1, 0.15) is 0 Å². The predicted molar refractivity (Wildman–Crippen MR) is 187 cm³/mol. The fraction of sp³-hybridized carbons (Fsp3) is 0.243. The first kappa shape index (κ1) is 33.4. The molecule has 1 aromatic heterocycles. The van der Waals surface area contributed by atoms with Crippen LogP contribution in [0.3, 0.4) is 0 Å². The van der Waals surface area contributed by atoms with Gasteiger partial charge in [0.25, 0.3) is 11.5 Å². The molecule has 2 amide bonds. The van der Waals surface area contributed by atoms with Crippen LogP contribution >= 0.6 is 11.8 Å². The van der Waals surface area contributed by atoms with Gasteiger partial charge in [-0.25, -0.2) is 4.98 Å². The van der Waals surface area contributed by atoms with Crippen molar-refractivity contribution in [2.24, 2.45) is 0 Å². The van der Waals surface area contributed by atoms with E-state index in [1.165, 1.54) is 11.8 Å². The van der Waals surface area contributed by atoms with Crippen LogP contribution in [-0.2, 0) is 24.2 Å². The minimum atomic E-state index is -0.271. The third-order valence-electron chi connectivity index (χ3n) is 8.03. The zero-order chi connectivity index (χ0) is 34.2. The Morgan fingerprint density at radius 3 is 2.27 bits per heavy atom. The van der Waals surface area contributed by atoms with Crippen LogP contribution in [0.15, 0.2) is 94.9 Å². The maximum Gasteiger partial charge on any atom is 0.262 e. The molecule has 0 aliphatic carbocycles. The lowest BCUT2D eigenvalue weighted by molar-refractivity contribution is -0.118. The summed E-state index contributed by atoms with van der Waals surface area (Å²) in [5, 5.41) is 6.68. The molecule has 6 rings (SSSR count). The minimum Gasteiger partial charge on any atom is -0.493 e. The van der Waals surface area contributed by atoms with E-state index in [0.29, 0.717) is 64.1 Å². The highest BCUT2D eigenvalue weighted by Crippen LogP contribution is 2.35. The number of fused-ring (bicyclic) bond motifs is 2. The molecule has 0 atom stereocenters. The number of rotatable bonds is 14. The molecule has 49 heavy (non-hydrogen) atoms. The molecule has 0 radical (unpaired) electrons. The molecule has 0 unspecified atom stereocenters. The van der Waals surface area contributed by atoms with E-state index in [2.05, 4.69) is 10.6 Å². The summed E-state index contributed by atoms with van der Waals surface area (Å²) in [4.78, 5) is 44.3. The van der Waals surface area contributed by atoms with Gasteiger partial charge < -0.3 is 29.6 Å². The number of methoxy groups -OCH3 is 2. The Morgan fingerprint density at radius 1 is 0.816 bits per heavy atom. The summed E-state index contributed by atoms with van der Waals surface area (Å²) in [6, 6.07) is 26.0. The molecule has 0 saturated carbocycles. The number of nitrogens with zero attached hydrogens (tertiary/aromatic N) is 2. The van der Waals surface area contributed by atoms with Crippen molar-refractivity contribution in [3.63, 3.8) is 0 Å². The van der Waals surface area contributed by atoms with Gasteiger partial charge >= 0.3 is 0 Å². The summed E-state index contributed by atoms with van der Waals surface area (Å²) in [7, 11) is 3.17. The van der Waals surface area contributed by atoms with Crippen LogP contribution in [-0.4, -0.2) is 61.2 Å². The Hall–Kier alpha value is -5.49. The van der Waals surface area contributed by atoms with E-state index in [0.717, 1.165) is 23.1 Å². The number of benzene rings is 4. The number of hydrogen-bond acceptors (Lipinski definition) is 9. The molecular formula is C37H36N4O7S. The standard InChI is InChI=1S/C37H36N4O7S/c1-45-30-13-10-25(18-31(30)46-2)15-17-39-35(43)27-11-8-26(9-12-27)21-41-36(44)28-19-32-33(48-23-47-32)20-29(28)40-37(41)49-22-34(42)38-16-14-24-6-4-3-5-7-24/h3-13,18-20H,14-17,21-23H2,1-2H3,(H,38,42)(H,39,43). The quantitative estimate of drug-likeness (QED) is 0.128. The van der Waals surface area contributed by atoms with E-state index in [1.807, 2.05) is 60.7 Å². The summed E-state index contributed by atoms with van der Waals surface area (Å²) in [6.07, 6.45) is 1.34. The molecule has 1 aliphatic heterocycles. The van der Waals surface area contributed by atoms with Crippen LogP contribution in [0, 0.1) is 0 Å². The zero-order valence-electron chi connectivity index (χ0n) is 27.2. The lowest BCUT2D eigenvalue weighted by Gasteiger charge is -2.14. The lowest BCUT2D eigenvalue weighted by Crippen LogP contribution is -2.28. The largest absolute Gasteiger partial charge is 0.493 e. The van der Waals surface area contributed by atoms with Gasteiger partial charge in [-0.05, 0) is 59.9 Å². The number of carbonyl (C=O) groups excluding carboxylic acids is 2. The molecule has 11 nitrogen and oxygen atoms in total. The second-order valence-corrected chi connectivity index (χ2v) is 12.2. The van der Waals surface area contributed by atoms with Crippen molar-refractivity contribution in [3.8, 4) is 23.0 Å². The second-order valence-electron chi connectivity index (χ2n) is 11.3. The highest BCUT2D eigenvalue weighted by atomic mass is 32.2. The number of thioether (sulfide) groups is 1. The van der Waals surface area contributed by atoms with Crippen molar-refractivity contribution >= 4 is 34.5 Å². The first-order valence-electron chi connectivity index (χ1n) is 15.8. The molecule has 4 aromatic carbocycles. The molecule has 252 valence electrons. The predicted octanol–water partition coefficient (Wildman–Crippen LogP) is 4.61. The van der Waals surface area contributed by atoms with Crippen molar-refractivity contribution < 1.29 is 28.5 Å². The molecule has 0 saturated heterocycles. The van der Waals surface area contributed by atoms with Gasteiger partial charge in [0.15, 0.2) is 28.2 Å². The monoisotopic (exact) mass is 680 g/mol. The Kier molecular flexibility index (Phi) is 10.6. The number of hydrogen-bond donors (Lipinski definition) is 2. The summed E-state index contributed by atoms with van der Waals surface area (Å²) in [5.74, 6) is 2.00. The van der Waals surface area contributed by atoms with Gasteiger partial charge in [0, 0.05) is 24.7 Å². The van der Waals surface area contributed by atoms with E-state index < -0.39 is 0 Å². The van der Waals surface area contributed by atoms with Gasteiger partial charge in [-0.15, -0.1) is 0 Å². The minimum absolute atomic E-state index is 0.0702. The van der Waals surface area contributed by atoms with Gasteiger partial charge in [0.2, 0.25) is 12.7 Å². The van der Waals surface area contributed by atoms with E-state index >= 15 is 0 Å². The first-order chi connectivity index (χ1) is 23.9. The smallest absolute Gasteiger partial charge is 0.262 e. The van der Waals surface area contributed by atoms with Crippen molar-refractivity contribution in [2.45, 2.75) is 24.5 Å². The fourth-order valence-electron chi connectivity index (χ4n) is 5.42. The maximum absolute atomic E-state index is 13.8. The average Bonchev–Trinajstić information content (AvgIpc) is 3.59. The third-order valence-corrected chi connectivity index (χ3v) is 9.00. The van der Waals surface area contributed by atoms with Gasteiger partial charge in [-0.2, -0.15) is 0 Å². The van der Waals surface area contributed by atoms with Crippen LogP contribution in [0.1, 0.15) is 27.0 Å². The molecule has 2 heterocycles. The summed E-state index contributed by atoms with van der Waals surface area (Å²) in [6.45, 7) is 1.20. The number of amides is 2. The molecule has 2 N–H and O–H groups in total. The summed E-state index contributed by atoms with van der Waals surface area (Å²) < 4.78 is 23.2. The van der Waals surface area contributed by atoms with E-state index in [1.54, 1.807) is 43.1 Å². The highest BCUT2D eigenvalue weighted by molar-refractivity contribution is 7.99. The second kappa shape index (κ2) is 15.6. The van der Waals surface area contributed by atoms with Crippen LogP contribution < -0.4 is 35.1 Å². The normalized spacial score (nSPS) is 11.7. The topological polar surface area (TPSA) is 130 Å². The van der Waals surface area contributed by atoms with E-state index in [4.69, 9.17) is 23.9 Å². The van der Waals surface area contributed by atoms with Crippen LogP contribution in [0.5, 0.6) is 23.0 Å².